The molecule has 0 aliphatic heterocycles. The SMILES string of the molecule is CC(C)c1ccc2c(c1)c1cc(C(C)C)ccc1n2-c1c(-c2ccc(C#N)cc2C#N)c(-c2ccc(C#N)cc2C#N)c(-n2c3ccc(C(C)C)cc3c3cc(C(C)C)ccc32)c2c1oc1c(-c3ccccc3)c(-c3ccccc3)c(-c3ccccc3)c(-c3ccccc3)c12. The Morgan fingerprint density at radius 3 is 0.968 bits per heavy atom. The van der Waals surface area contributed by atoms with Crippen LogP contribution < -0.4 is 0 Å². The molecule has 15 rings (SSSR count). The standard InChI is InChI=1S/C88H66N6O/c1-51(2)61-31-37-73-69(43-61)70-44-62(52(3)4)32-38-74(70)93(73)85-81(67-35-29-55(47-89)41-65(67)49-91)82(68-36-30-56(48-90)42-66(68)50-92)86(94-75-39-33-63(53(5)6)45-71(75)72-46-64(54(7)8)34-40-76(72)94)88-84(85)83-79(59-25-17-11-18-26-59)77(57-21-13-9-14-22-57)78(58-23-15-10-16-24-58)80(87(83)95-88)60-27-19-12-20-28-60/h9-46,51-54H,1-8H3. The molecule has 0 radical (unpaired) electrons. The Hall–Kier alpha value is -12.0. The minimum atomic E-state index is 0.203. The van der Waals surface area contributed by atoms with E-state index in [0.717, 1.165) is 98.9 Å². The highest BCUT2D eigenvalue weighted by molar-refractivity contribution is 6.31. The van der Waals surface area contributed by atoms with Crippen molar-refractivity contribution >= 4 is 65.6 Å². The van der Waals surface area contributed by atoms with Gasteiger partial charge in [0, 0.05) is 65.9 Å². The van der Waals surface area contributed by atoms with Gasteiger partial charge in [-0.3, -0.25) is 0 Å². The van der Waals surface area contributed by atoms with Crippen molar-refractivity contribution in [3.8, 4) is 102 Å². The predicted octanol–water partition coefficient (Wildman–Crippen LogP) is 23.8. The minimum Gasteiger partial charge on any atom is -0.453 e. The number of nitrogens with zero attached hydrogens (tertiary/aromatic N) is 6. The Kier molecular flexibility index (Phi) is 14.7. The highest BCUT2D eigenvalue weighted by atomic mass is 16.3. The molecule has 0 fully saturated rings. The van der Waals surface area contributed by atoms with E-state index in [1.165, 1.54) is 22.3 Å². The van der Waals surface area contributed by atoms with Crippen LogP contribution in [-0.2, 0) is 0 Å². The van der Waals surface area contributed by atoms with Crippen LogP contribution in [0.25, 0.3) is 144 Å². The molecule has 15 aromatic rings. The molecule has 0 atom stereocenters. The Morgan fingerprint density at radius 1 is 0.295 bits per heavy atom. The van der Waals surface area contributed by atoms with Crippen molar-refractivity contribution < 1.29 is 4.42 Å². The van der Waals surface area contributed by atoms with Crippen molar-refractivity contribution in [3.63, 3.8) is 0 Å². The molecule has 0 amide bonds. The number of aromatic nitrogens is 2. The molecular formula is C88H66N6O. The van der Waals surface area contributed by atoms with Gasteiger partial charge in [-0.2, -0.15) is 21.0 Å². The quantitative estimate of drug-likeness (QED) is 0.121. The molecule has 0 aliphatic carbocycles. The smallest absolute Gasteiger partial charge is 0.162 e. The third-order valence-corrected chi connectivity index (χ3v) is 19.4. The van der Waals surface area contributed by atoms with Crippen LogP contribution in [0, 0.1) is 45.3 Å². The molecule has 7 heteroatoms. The van der Waals surface area contributed by atoms with Gasteiger partial charge in [0.1, 0.15) is 5.58 Å². The lowest BCUT2D eigenvalue weighted by Crippen LogP contribution is -2.08. The fourth-order valence-corrected chi connectivity index (χ4v) is 14.6. The van der Waals surface area contributed by atoms with Gasteiger partial charge >= 0.3 is 0 Å². The Bertz CT molecular complexity index is 5680. The fraction of sp³-hybridized carbons (Fsp3) is 0.136. The number of rotatable bonds is 12. The summed E-state index contributed by atoms with van der Waals surface area (Å²) in [5, 5.41) is 51.2. The van der Waals surface area contributed by atoms with E-state index < -0.39 is 0 Å². The summed E-state index contributed by atoms with van der Waals surface area (Å²) in [5.74, 6) is 0.817. The van der Waals surface area contributed by atoms with Crippen molar-refractivity contribution in [1.82, 2.24) is 9.13 Å². The number of nitriles is 4. The van der Waals surface area contributed by atoms with Gasteiger partial charge in [0.2, 0.25) is 0 Å². The second-order valence-corrected chi connectivity index (χ2v) is 26.3. The molecule has 0 aliphatic rings. The Balaban J connectivity index is 1.37. The average Bonchev–Trinajstić information content (AvgIpc) is 1.54. The number of fused-ring (bicyclic) bond motifs is 9. The zero-order valence-corrected chi connectivity index (χ0v) is 54.3. The van der Waals surface area contributed by atoms with E-state index in [0.29, 0.717) is 55.9 Å². The van der Waals surface area contributed by atoms with Crippen LogP contribution in [0.1, 0.15) is 124 Å². The maximum atomic E-state index is 12.0. The Morgan fingerprint density at radius 2 is 0.621 bits per heavy atom. The molecule has 3 aromatic heterocycles. The fourth-order valence-electron chi connectivity index (χ4n) is 14.6. The third-order valence-electron chi connectivity index (χ3n) is 19.4. The van der Waals surface area contributed by atoms with Crippen LogP contribution in [0.4, 0.5) is 0 Å². The second-order valence-electron chi connectivity index (χ2n) is 26.3. The molecule has 0 N–H and O–H groups in total. The molecule has 95 heavy (non-hydrogen) atoms. The lowest BCUT2D eigenvalue weighted by atomic mass is 9.79. The third kappa shape index (κ3) is 9.58. The van der Waals surface area contributed by atoms with Crippen LogP contribution in [0.3, 0.4) is 0 Å². The predicted molar refractivity (Wildman–Crippen MR) is 390 cm³/mol. The van der Waals surface area contributed by atoms with Crippen molar-refractivity contribution in [1.29, 1.82) is 21.0 Å². The number of furan rings is 1. The first-order valence-electron chi connectivity index (χ1n) is 32.7. The summed E-state index contributed by atoms with van der Waals surface area (Å²) in [7, 11) is 0. The van der Waals surface area contributed by atoms with E-state index in [9.17, 15) is 21.0 Å². The second kappa shape index (κ2) is 23.6. The van der Waals surface area contributed by atoms with Crippen LogP contribution in [-0.4, -0.2) is 9.13 Å². The molecule has 454 valence electrons. The van der Waals surface area contributed by atoms with Gasteiger partial charge in [0.05, 0.1) is 85.4 Å². The maximum absolute atomic E-state index is 12.0. The van der Waals surface area contributed by atoms with Gasteiger partial charge in [-0.05, 0) is 147 Å². The molecule has 0 bridgehead atoms. The normalized spacial score (nSPS) is 11.7. The lowest BCUT2D eigenvalue weighted by Gasteiger charge is -2.26. The topological polar surface area (TPSA) is 118 Å². The minimum absolute atomic E-state index is 0.203. The van der Waals surface area contributed by atoms with Gasteiger partial charge in [-0.15, -0.1) is 0 Å². The van der Waals surface area contributed by atoms with E-state index in [4.69, 9.17) is 4.42 Å². The van der Waals surface area contributed by atoms with Crippen LogP contribution in [0.2, 0.25) is 0 Å². The summed E-state index contributed by atoms with van der Waals surface area (Å²) < 4.78 is 13.2. The van der Waals surface area contributed by atoms with E-state index in [1.807, 2.05) is 12.1 Å². The van der Waals surface area contributed by atoms with Gasteiger partial charge in [-0.25, -0.2) is 0 Å². The number of hydrogen-bond donors (Lipinski definition) is 0. The lowest BCUT2D eigenvalue weighted by molar-refractivity contribution is 0.667. The average molecular weight is 1220 g/mol. The van der Waals surface area contributed by atoms with Crippen molar-refractivity contribution in [2.45, 2.75) is 79.1 Å². The molecule has 0 unspecified atom stereocenters. The summed E-state index contributed by atoms with van der Waals surface area (Å²) >= 11 is 0. The summed E-state index contributed by atoms with van der Waals surface area (Å²) in [4.78, 5) is 0. The van der Waals surface area contributed by atoms with Crippen molar-refractivity contribution in [2.75, 3.05) is 0 Å². The molecule has 0 spiro atoms. The summed E-state index contributed by atoms with van der Waals surface area (Å²) in [6.07, 6.45) is 0. The van der Waals surface area contributed by atoms with Gasteiger partial charge in [-0.1, -0.05) is 213 Å². The molecule has 0 saturated heterocycles. The maximum Gasteiger partial charge on any atom is 0.162 e. The number of benzene rings is 12. The van der Waals surface area contributed by atoms with Crippen LogP contribution in [0.5, 0.6) is 0 Å². The van der Waals surface area contributed by atoms with Crippen LogP contribution in [0.15, 0.2) is 235 Å². The molecule has 12 aromatic carbocycles. The molecule has 3 heterocycles. The molecular weight excluding hydrogens is 1160 g/mol. The largest absolute Gasteiger partial charge is 0.453 e. The van der Waals surface area contributed by atoms with E-state index in [2.05, 4.69) is 283 Å². The van der Waals surface area contributed by atoms with Gasteiger partial charge in [0.25, 0.3) is 0 Å². The first-order valence-corrected chi connectivity index (χ1v) is 32.7. The van der Waals surface area contributed by atoms with Gasteiger partial charge in [0.15, 0.2) is 5.58 Å². The van der Waals surface area contributed by atoms with Crippen molar-refractivity contribution in [2.24, 2.45) is 0 Å². The number of hydrogen-bond acceptors (Lipinski definition) is 5. The summed E-state index contributed by atoms with van der Waals surface area (Å²) in [6.45, 7) is 17.8. The van der Waals surface area contributed by atoms with Crippen LogP contribution >= 0.6 is 0 Å². The Labute approximate surface area is 553 Å². The monoisotopic (exact) mass is 1220 g/mol. The summed E-state index contributed by atoms with van der Waals surface area (Å²) in [6, 6.07) is 90.5. The molecule has 0 saturated carbocycles. The highest BCUT2D eigenvalue weighted by Gasteiger charge is 2.37. The van der Waals surface area contributed by atoms with Gasteiger partial charge < -0.3 is 13.6 Å². The zero-order valence-electron chi connectivity index (χ0n) is 54.3. The molecule has 7 nitrogen and oxygen atoms in total. The summed E-state index contributed by atoms with van der Waals surface area (Å²) in [5.41, 5.74) is 22.0. The first-order chi connectivity index (χ1) is 46.3. The zero-order chi connectivity index (χ0) is 65.5. The first kappa shape index (κ1) is 59.3. The van der Waals surface area contributed by atoms with E-state index in [-0.39, 0.29) is 34.8 Å². The highest BCUT2D eigenvalue weighted by Crippen LogP contribution is 2.60. The van der Waals surface area contributed by atoms with Crippen molar-refractivity contribution in [3.05, 3.63) is 275 Å². The van der Waals surface area contributed by atoms with E-state index in [1.54, 1.807) is 24.3 Å². The van der Waals surface area contributed by atoms with E-state index >= 15 is 0 Å².